The fourth-order valence-electron chi connectivity index (χ4n) is 3.43. The third-order valence-electron chi connectivity index (χ3n) is 4.81. The topological polar surface area (TPSA) is 70.6 Å². The average Bonchev–Trinajstić information content (AvgIpc) is 2.49. The Morgan fingerprint density at radius 3 is 2.65 bits per heavy atom. The zero-order valence-electron chi connectivity index (χ0n) is 12.5. The van der Waals surface area contributed by atoms with Crippen LogP contribution >= 0.6 is 0 Å². The van der Waals surface area contributed by atoms with Crippen LogP contribution in [0.2, 0.25) is 0 Å². The lowest BCUT2D eigenvalue weighted by atomic mass is 9.75. The van der Waals surface area contributed by atoms with E-state index in [4.69, 9.17) is 4.74 Å². The standard InChI is InChI=1S/C15H28N2O3/c1-2-4-14(5-3-8-16-11-14)13(19)17-15(12-18)6-9-20-10-7-15/h16,18H,2-12H2,1H3,(H,17,19). The third kappa shape index (κ3) is 3.32. The molecule has 1 atom stereocenters. The minimum atomic E-state index is -0.479. The lowest BCUT2D eigenvalue weighted by Gasteiger charge is -2.42. The van der Waals surface area contributed by atoms with E-state index in [9.17, 15) is 9.90 Å². The first-order valence-corrected chi connectivity index (χ1v) is 7.88. The number of carbonyl (C=O) groups is 1. The van der Waals surface area contributed by atoms with Crippen molar-refractivity contribution in [2.75, 3.05) is 32.9 Å². The number of hydrogen-bond donors (Lipinski definition) is 3. The van der Waals surface area contributed by atoms with Crippen LogP contribution in [0.15, 0.2) is 0 Å². The van der Waals surface area contributed by atoms with Crippen molar-refractivity contribution in [3.05, 3.63) is 0 Å². The zero-order valence-corrected chi connectivity index (χ0v) is 12.5. The minimum Gasteiger partial charge on any atom is -0.394 e. The molecular formula is C15H28N2O3. The molecule has 1 amide bonds. The summed E-state index contributed by atoms with van der Waals surface area (Å²) in [5.41, 5.74) is -0.777. The number of hydrogen-bond acceptors (Lipinski definition) is 4. The van der Waals surface area contributed by atoms with Gasteiger partial charge in [-0.2, -0.15) is 0 Å². The Morgan fingerprint density at radius 2 is 2.10 bits per heavy atom. The molecule has 0 spiro atoms. The monoisotopic (exact) mass is 284 g/mol. The molecule has 0 saturated carbocycles. The van der Waals surface area contributed by atoms with E-state index in [-0.39, 0.29) is 17.9 Å². The van der Waals surface area contributed by atoms with E-state index >= 15 is 0 Å². The molecule has 0 aromatic carbocycles. The van der Waals surface area contributed by atoms with Crippen molar-refractivity contribution < 1.29 is 14.6 Å². The van der Waals surface area contributed by atoms with Gasteiger partial charge in [-0.05, 0) is 38.6 Å². The molecule has 0 bridgehead atoms. The van der Waals surface area contributed by atoms with Crippen LogP contribution in [0.25, 0.3) is 0 Å². The molecule has 3 N–H and O–H groups in total. The number of ether oxygens (including phenoxy) is 1. The van der Waals surface area contributed by atoms with E-state index in [2.05, 4.69) is 17.6 Å². The highest BCUT2D eigenvalue weighted by atomic mass is 16.5. The van der Waals surface area contributed by atoms with Crippen molar-refractivity contribution in [1.29, 1.82) is 0 Å². The fourth-order valence-corrected chi connectivity index (χ4v) is 3.43. The van der Waals surface area contributed by atoms with Crippen LogP contribution in [0.1, 0.15) is 45.4 Å². The second-order valence-electron chi connectivity index (χ2n) is 6.32. The molecule has 0 aliphatic carbocycles. The lowest BCUT2D eigenvalue weighted by molar-refractivity contribution is -0.137. The number of nitrogens with one attached hydrogen (secondary N) is 2. The van der Waals surface area contributed by atoms with Crippen molar-refractivity contribution >= 4 is 5.91 Å². The predicted molar refractivity (Wildman–Crippen MR) is 77.5 cm³/mol. The summed E-state index contributed by atoms with van der Waals surface area (Å²) in [4.78, 5) is 12.8. The van der Waals surface area contributed by atoms with E-state index < -0.39 is 5.54 Å². The van der Waals surface area contributed by atoms with Crippen molar-refractivity contribution in [1.82, 2.24) is 10.6 Å². The number of rotatable bonds is 5. The van der Waals surface area contributed by atoms with Gasteiger partial charge in [0.25, 0.3) is 0 Å². The summed E-state index contributed by atoms with van der Waals surface area (Å²) in [6, 6.07) is 0. The molecule has 2 heterocycles. The molecular weight excluding hydrogens is 256 g/mol. The van der Waals surface area contributed by atoms with Gasteiger partial charge in [-0.15, -0.1) is 0 Å². The summed E-state index contributed by atoms with van der Waals surface area (Å²) >= 11 is 0. The molecule has 20 heavy (non-hydrogen) atoms. The van der Waals surface area contributed by atoms with Gasteiger partial charge in [0.15, 0.2) is 0 Å². The molecule has 0 aromatic heterocycles. The van der Waals surface area contributed by atoms with Gasteiger partial charge in [-0.1, -0.05) is 13.3 Å². The van der Waals surface area contributed by atoms with Gasteiger partial charge in [0.1, 0.15) is 0 Å². The fraction of sp³-hybridized carbons (Fsp3) is 0.933. The molecule has 2 rings (SSSR count). The minimum absolute atomic E-state index is 0.00225. The first kappa shape index (κ1) is 15.7. The van der Waals surface area contributed by atoms with Crippen molar-refractivity contribution in [2.45, 2.75) is 51.0 Å². The lowest BCUT2D eigenvalue weighted by Crippen LogP contribution is -2.60. The van der Waals surface area contributed by atoms with Crippen LogP contribution in [0.3, 0.4) is 0 Å². The van der Waals surface area contributed by atoms with Crippen molar-refractivity contribution in [3.63, 3.8) is 0 Å². The van der Waals surface area contributed by atoms with E-state index in [1.165, 1.54) is 0 Å². The number of aliphatic hydroxyl groups excluding tert-OH is 1. The second-order valence-corrected chi connectivity index (χ2v) is 6.32. The van der Waals surface area contributed by atoms with Gasteiger partial charge < -0.3 is 20.5 Å². The SMILES string of the molecule is CCCC1(C(=O)NC2(CO)CCOCC2)CCCNC1. The summed E-state index contributed by atoms with van der Waals surface area (Å²) in [5.74, 6) is 0.113. The summed E-state index contributed by atoms with van der Waals surface area (Å²) < 4.78 is 5.35. The molecule has 2 saturated heterocycles. The maximum absolute atomic E-state index is 12.8. The quantitative estimate of drug-likeness (QED) is 0.699. The van der Waals surface area contributed by atoms with Gasteiger partial charge in [0.2, 0.25) is 5.91 Å². The van der Waals surface area contributed by atoms with E-state index in [0.29, 0.717) is 26.1 Å². The summed E-state index contributed by atoms with van der Waals surface area (Å²) in [6.07, 6.45) is 5.30. The highest BCUT2D eigenvalue weighted by Crippen LogP contribution is 2.33. The van der Waals surface area contributed by atoms with Crippen molar-refractivity contribution in [2.24, 2.45) is 5.41 Å². The Labute approximate surface area is 121 Å². The van der Waals surface area contributed by atoms with Gasteiger partial charge in [-0.25, -0.2) is 0 Å². The van der Waals surface area contributed by atoms with Crippen LogP contribution in [-0.4, -0.2) is 49.5 Å². The first-order valence-electron chi connectivity index (χ1n) is 7.88. The van der Waals surface area contributed by atoms with Crippen LogP contribution in [0.5, 0.6) is 0 Å². The average molecular weight is 284 g/mol. The predicted octanol–water partition coefficient (Wildman–Crippen LogP) is 0.814. The molecule has 2 aliphatic rings. The van der Waals surface area contributed by atoms with Crippen LogP contribution < -0.4 is 10.6 Å². The molecule has 1 unspecified atom stereocenters. The zero-order chi connectivity index (χ0) is 14.5. The second kappa shape index (κ2) is 6.87. The molecule has 2 fully saturated rings. The maximum Gasteiger partial charge on any atom is 0.228 e. The normalized spacial score (nSPS) is 29.9. The van der Waals surface area contributed by atoms with Crippen LogP contribution in [0.4, 0.5) is 0 Å². The third-order valence-corrected chi connectivity index (χ3v) is 4.81. The molecule has 5 nitrogen and oxygen atoms in total. The number of amides is 1. The van der Waals surface area contributed by atoms with Gasteiger partial charge in [0, 0.05) is 19.8 Å². The van der Waals surface area contributed by atoms with Crippen LogP contribution in [-0.2, 0) is 9.53 Å². The van der Waals surface area contributed by atoms with Gasteiger partial charge in [-0.3, -0.25) is 4.79 Å². The Balaban J connectivity index is 2.06. The number of piperidine rings is 1. The molecule has 0 aromatic rings. The summed E-state index contributed by atoms with van der Waals surface area (Å²) in [5, 5.41) is 16.2. The first-order chi connectivity index (χ1) is 9.66. The van der Waals surface area contributed by atoms with Crippen molar-refractivity contribution in [3.8, 4) is 0 Å². The Bertz CT molecular complexity index is 316. The number of carbonyl (C=O) groups excluding carboxylic acids is 1. The Hall–Kier alpha value is -0.650. The molecule has 5 heteroatoms. The Kier molecular flexibility index (Phi) is 5.41. The smallest absolute Gasteiger partial charge is 0.228 e. The Morgan fingerprint density at radius 1 is 1.35 bits per heavy atom. The van der Waals surface area contributed by atoms with E-state index in [1.54, 1.807) is 0 Å². The summed E-state index contributed by atoms with van der Waals surface area (Å²) in [6.45, 7) is 5.10. The van der Waals surface area contributed by atoms with E-state index in [0.717, 1.165) is 38.8 Å². The molecule has 0 radical (unpaired) electrons. The molecule has 2 aliphatic heterocycles. The number of aliphatic hydroxyl groups is 1. The molecule has 116 valence electrons. The van der Waals surface area contributed by atoms with Crippen LogP contribution in [0, 0.1) is 5.41 Å². The van der Waals surface area contributed by atoms with E-state index in [1.807, 2.05) is 0 Å². The van der Waals surface area contributed by atoms with Gasteiger partial charge in [0.05, 0.1) is 17.6 Å². The van der Waals surface area contributed by atoms with Gasteiger partial charge >= 0.3 is 0 Å². The highest BCUT2D eigenvalue weighted by Gasteiger charge is 2.43. The highest BCUT2D eigenvalue weighted by molar-refractivity contribution is 5.83. The summed E-state index contributed by atoms with van der Waals surface area (Å²) in [7, 11) is 0. The maximum atomic E-state index is 12.8. The largest absolute Gasteiger partial charge is 0.394 e.